The Kier molecular flexibility index (Phi) is 9.35. The Labute approximate surface area is 172 Å². The molecule has 134 valence electrons. The van der Waals surface area contributed by atoms with Gasteiger partial charge in [0.05, 0.1) is 5.75 Å². The largest absolute Gasteiger partial charge is 0.355 e. The minimum atomic E-state index is 0.0280. The third-order valence-electron chi connectivity index (χ3n) is 3.29. The van der Waals surface area contributed by atoms with E-state index in [0.717, 1.165) is 22.1 Å². The fourth-order valence-electron chi connectivity index (χ4n) is 2.00. The van der Waals surface area contributed by atoms with Gasteiger partial charge in [-0.25, -0.2) is 0 Å². The minimum absolute atomic E-state index is 0.0280. The van der Waals surface area contributed by atoms with Crippen molar-refractivity contribution in [1.82, 2.24) is 5.32 Å². The summed E-state index contributed by atoms with van der Waals surface area (Å²) < 4.78 is 0. The molecule has 0 unspecified atom stereocenters. The first-order chi connectivity index (χ1) is 12.1. The maximum atomic E-state index is 11.9. The molecule has 1 N–H and O–H groups in total. The zero-order chi connectivity index (χ0) is 18.1. The second kappa shape index (κ2) is 11.2. The Balaban J connectivity index is 1.57. The fourth-order valence-corrected chi connectivity index (χ4v) is 4.54. The Morgan fingerprint density at radius 1 is 0.920 bits per heavy atom. The maximum Gasteiger partial charge on any atom is 0.230 e. The molecular weight excluding hydrogens is 417 g/mol. The van der Waals surface area contributed by atoms with E-state index >= 15 is 0 Å². The van der Waals surface area contributed by atoms with E-state index in [-0.39, 0.29) is 5.91 Å². The van der Waals surface area contributed by atoms with Gasteiger partial charge in [0, 0.05) is 38.9 Å². The molecule has 0 aromatic heterocycles. The summed E-state index contributed by atoms with van der Waals surface area (Å²) in [5.41, 5.74) is 2.11. The third kappa shape index (κ3) is 7.71. The standard InChI is InChI=1S/C18H18Cl3NOS2/c19-14-6-4-13(5-7-14)10-24-9-8-22-18(23)12-25-11-15-16(20)2-1-3-17(15)21/h1-7H,8-12H2,(H,22,23). The lowest BCUT2D eigenvalue weighted by atomic mass is 10.2. The van der Waals surface area contributed by atoms with Gasteiger partial charge >= 0.3 is 0 Å². The van der Waals surface area contributed by atoms with Gasteiger partial charge in [-0.15, -0.1) is 11.8 Å². The van der Waals surface area contributed by atoms with Crippen LogP contribution in [0.1, 0.15) is 11.1 Å². The zero-order valence-electron chi connectivity index (χ0n) is 13.4. The zero-order valence-corrected chi connectivity index (χ0v) is 17.3. The topological polar surface area (TPSA) is 29.1 Å². The molecule has 25 heavy (non-hydrogen) atoms. The summed E-state index contributed by atoms with van der Waals surface area (Å²) in [6.45, 7) is 0.657. The van der Waals surface area contributed by atoms with Gasteiger partial charge in [-0.2, -0.15) is 11.8 Å². The van der Waals surface area contributed by atoms with Gasteiger partial charge in [-0.1, -0.05) is 53.0 Å². The van der Waals surface area contributed by atoms with E-state index in [1.54, 1.807) is 23.9 Å². The molecule has 2 nitrogen and oxygen atoms in total. The van der Waals surface area contributed by atoms with Crippen LogP contribution in [-0.2, 0) is 16.3 Å². The second-order valence-electron chi connectivity index (χ2n) is 5.22. The Morgan fingerprint density at radius 2 is 1.60 bits per heavy atom. The average molecular weight is 435 g/mol. The molecule has 1 amide bonds. The number of carbonyl (C=O) groups excluding carboxylic acids is 1. The van der Waals surface area contributed by atoms with Crippen LogP contribution in [0.4, 0.5) is 0 Å². The van der Waals surface area contributed by atoms with Crippen molar-refractivity contribution < 1.29 is 4.79 Å². The van der Waals surface area contributed by atoms with Crippen LogP contribution in [0, 0.1) is 0 Å². The van der Waals surface area contributed by atoms with Crippen molar-refractivity contribution in [1.29, 1.82) is 0 Å². The molecule has 0 saturated carbocycles. The molecule has 0 aliphatic heterocycles. The Bertz CT molecular complexity index is 675. The van der Waals surface area contributed by atoms with E-state index in [1.165, 1.54) is 17.3 Å². The number of nitrogens with one attached hydrogen (secondary N) is 1. The van der Waals surface area contributed by atoms with Gasteiger partial charge in [0.1, 0.15) is 0 Å². The monoisotopic (exact) mass is 433 g/mol. The van der Waals surface area contributed by atoms with Gasteiger partial charge in [0.25, 0.3) is 0 Å². The van der Waals surface area contributed by atoms with E-state index in [9.17, 15) is 4.79 Å². The van der Waals surface area contributed by atoms with Crippen molar-refractivity contribution in [2.45, 2.75) is 11.5 Å². The van der Waals surface area contributed by atoms with E-state index in [2.05, 4.69) is 5.32 Å². The highest BCUT2D eigenvalue weighted by Gasteiger charge is 2.07. The lowest BCUT2D eigenvalue weighted by Crippen LogP contribution is -2.27. The second-order valence-corrected chi connectivity index (χ2v) is 8.56. The van der Waals surface area contributed by atoms with Crippen LogP contribution < -0.4 is 5.32 Å². The smallest absolute Gasteiger partial charge is 0.230 e. The number of thioether (sulfide) groups is 2. The third-order valence-corrected chi connectivity index (χ3v) is 6.24. The summed E-state index contributed by atoms with van der Waals surface area (Å²) in [6.07, 6.45) is 0. The number of hydrogen-bond acceptors (Lipinski definition) is 3. The molecule has 0 heterocycles. The molecule has 0 spiro atoms. The van der Waals surface area contributed by atoms with Gasteiger partial charge in [-0.3, -0.25) is 4.79 Å². The predicted octanol–water partition coefficient (Wildman–Crippen LogP) is 5.93. The van der Waals surface area contributed by atoms with E-state index in [1.807, 2.05) is 30.3 Å². The van der Waals surface area contributed by atoms with Crippen molar-refractivity contribution in [2.75, 3.05) is 18.1 Å². The van der Waals surface area contributed by atoms with Crippen LogP contribution in [0.2, 0.25) is 15.1 Å². The lowest BCUT2D eigenvalue weighted by Gasteiger charge is -2.08. The SMILES string of the molecule is O=C(CSCc1c(Cl)cccc1Cl)NCCSCc1ccc(Cl)cc1. The van der Waals surface area contributed by atoms with Gasteiger partial charge in [0.2, 0.25) is 5.91 Å². The summed E-state index contributed by atoms with van der Waals surface area (Å²) >= 11 is 21.4. The fraction of sp³-hybridized carbons (Fsp3) is 0.278. The van der Waals surface area contributed by atoms with Gasteiger partial charge < -0.3 is 5.32 Å². The lowest BCUT2D eigenvalue weighted by molar-refractivity contribution is -0.118. The molecule has 2 rings (SSSR count). The van der Waals surface area contributed by atoms with Crippen LogP contribution in [0.15, 0.2) is 42.5 Å². The number of amides is 1. The highest BCUT2D eigenvalue weighted by atomic mass is 35.5. The number of halogens is 3. The summed E-state index contributed by atoms with van der Waals surface area (Å²) in [4.78, 5) is 11.9. The summed E-state index contributed by atoms with van der Waals surface area (Å²) in [5.74, 6) is 2.82. The first-order valence-corrected chi connectivity index (χ1v) is 11.1. The molecular formula is C18H18Cl3NOS2. The van der Waals surface area contributed by atoms with Crippen LogP contribution in [0.3, 0.4) is 0 Å². The van der Waals surface area contributed by atoms with Crippen molar-refractivity contribution in [2.24, 2.45) is 0 Å². The first kappa shape index (κ1) is 20.8. The van der Waals surface area contributed by atoms with E-state index < -0.39 is 0 Å². The molecule has 0 radical (unpaired) electrons. The Morgan fingerprint density at radius 3 is 2.28 bits per heavy atom. The molecule has 0 saturated heterocycles. The van der Waals surface area contributed by atoms with Crippen LogP contribution in [0.5, 0.6) is 0 Å². The molecule has 0 aliphatic carbocycles. The average Bonchev–Trinajstić information content (AvgIpc) is 2.59. The van der Waals surface area contributed by atoms with Crippen molar-refractivity contribution in [3.8, 4) is 0 Å². The molecule has 2 aromatic rings. The summed E-state index contributed by atoms with van der Waals surface area (Å²) in [6, 6.07) is 13.2. The number of carbonyl (C=O) groups is 1. The van der Waals surface area contributed by atoms with Crippen LogP contribution >= 0.6 is 58.3 Å². The molecule has 0 aliphatic rings. The normalized spacial score (nSPS) is 10.7. The molecule has 0 atom stereocenters. The van der Waals surface area contributed by atoms with Crippen molar-refractivity contribution >= 4 is 64.2 Å². The highest BCUT2D eigenvalue weighted by Crippen LogP contribution is 2.28. The maximum absolute atomic E-state index is 11.9. The quantitative estimate of drug-likeness (QED) is 0.496. The Hall–Kier alpha value is -0.520. The minimum Gasteiger partial charge on any atom is -0.355 e. The number of hydrogen-bond donors (Lipinski definition) is 1. The van der Waals surface area contributed by atoms with Gasteiger partial charge in [-0.05, 0) is 35.4 Å². The van der Waals surface area contributed by atoms with Crippen LogP contribution in [-0.4, -0.2) is 24.0 Å². The molecule has 2 aromatic carbocycles. The molecule has 0 fully saturated rings. The molecule has 7 heteroatoms. The summed E-state index contributed by atoms with van der Waals surface area (Å²) in [7, 11) is 0. The highest BCUT2D eigenvalue weighted by molar-refractivity contribution is 7.99. The first-order valence-electron chi connectivity index (χ1n) is 7.66. The van der Waals surface area contributed by atoms with E-state index in [4.69, 9.17) is 34.8 Å². The van der Waals surface area contributed by atoms with E-state index in [0.29, 0.717) is 28.1 Å². The number of benzene rings is 2. The predicted molar refractivity (Wildman–Crippen MR) is 113 cm³/mol. The van der Waals surface area contributed by atoms with Crippen LogP contribution in [0.25, 0.3) is 0 Å². The van der Waals surface area contributed by atoms with Crippen molar-refractivity contribution in [3.63, 3.8) is 0 Å². The molecule has 0 bridgehead atoms. The van der Waals surface area contributed by atoms with Crippen molar-refractivity contribution in [3.05, 3.63) is 68.7 Å². The number of rotatable bonds is 9. The summed E-state index contributed by atoms with van der Waals surface area (Å²) in [5, 5.41) is 4.95. The van der Waals surface area contributed by atoms with Gasteiger partial charge in [0.15, 0.2) is 0 Å².